The van der Waals surface area contributed by atoms with Crippen LogP contribution in [0.5, 0.6) is 0 Å². The molecular weight excluding hydrogens is 374 g/mol. The van der Waals surface area contributed by atoms with E-state index in [4.69, 9.17) is 16.0 Å². The topological polar surface area (TPSA) is 51.8 Å². The van der Waals surface area contributed by atoms with Crippen LogP contribution in [0.15, 0.2) is 69.6 Å². The Morgan fingerprint density at radius 3 is 2.64 bits per heavy atom. The number of hydrogen-bond acceptors (Lipinski definition) is 6. The van der Waals surface area contributed by atoms with Gasteiger partial charge in [-0.1, -0.05) is 59.8 Å². The third-order valence-electron chi connectivity index (χ3n) is 3.43. The van der Waals surface area contributed by atoms with E-state index in [0.29, 0.717) is 21.9 Å². The molecule has 4 nitrogen and oxygen atoms in total. The standard InChI is InChI=1S/C18H12ClN3OS2/c19-15-9-5-4-8-14(15)17-20-13(10-24-17)11-25-18-22-21-16(23-18)12-6-2-1-3-7-12/h1-10H,11H2. The monoisotopic (exact) mass is 385 g/mol. The molecule has 0 radical (unpaired) electrons. The van der Waals surface area contributed by atoms with E-state index in [1.807, 2.05) is 60.0 Å². The Labute approximate surface area is 157 Å². The van der Waals surface area contributed by atoms with Gasteiger partial charge in [-0.05, 0) is 18.2 Å². The molecule has 0 fully saturated rings. The predicted molar refractivity (Wildman–Crippen MR) is 102 cm³/mol. The maximum absolute atomic E-state index is 6.23. The molecular formula is C18H12ClN3OS2. The highest BCUT2D eigenvalue weighted by atomic mass is 35.5. The Hall–Kier alpha value is -2.15. The molecule has 4 rings (SSSR count). The summed E-state index contributed by atoms with van der Waals surface area (Å²) in [5, 5.41) is 12.4. The summed E-state index contributed by atoms with van der Waals surface area (Å²) < 4.78 is 5.70. The molecule has 0 saturated carbocycles. The number of rotatable bonds is 5. The molecule has 0 unspecified atom stereocenters. The first-order valence-electron chi connectivity index (χ1n) is 7.50. The average Bonchev–Trinajstić information content (AvgIpc) is 3.31. The lowest BCUT2D eigenvalue weighted by molar-refractivity contribution is 0.466. The van der Waals surface area contributed by atoms with Gasteiger partial charge < -0.3 is 4.42 Å². The zero-order chi connectivity index (χ0) is 17.1. The molecule has 25 heavy (non-hydrogen) atoms. The van der Waals surface area contributed by atoms with Gasteiger partial charge in [0.2, 0.25) is 5.89 Å². The van der Waals surface area contributed by atoms with Crippen molar-refractivity contribution in [3.05, 3.63) is 70.7 Å². The Balaban J connectivity index is 1.44. The van der Waals surface area contributed by atoms with E-state index in [1.165, 1.54) is 11.8 Å². The number of hydrogen-bond donors (Lipinski definition) is 0. The lowest BCUT2D eigenvalue weighted by Crippen LogP contribution is -1.83. The average molecular weight is 386 g/mol. The van der Waals surface area contributed by atoms with Crippen molar-refractivity contribution in [2.45, 2.75) is 11.0 Å². The fourth-order valence-electron chi connectivity index (χ4n) is 2.23. The number of thioether (sulfide) groups is 1. The van der Waals surface area contributed by atoms with Crippen LogP contribution in [0.3, 0.4) is 0 Å². The van der Waals surface area contributed by atoms with Crippen LogP contribution in [-0.4, -0.2) is 15.2 Å². The van der Waals surface area contributed by atoms with Crippen LogP contribution in [0.4, 0.5) is 0 Å². The van der Waals surface area contributed by atoms with Crippen LogP contribution in [0.1, 0.15) is 5.69 Å². The first-order valence-corrected chi connectivity index (χ1v) is 9.75. The van der Waals surface area contributed by atoms with Gasteiger partial charge in [0.25, 0.3) is 5.22 Å². The smallest absolute Gasteiger partial charge is 0.277 e. The highest BCUT2D eigenvalue weighted by molar-refractivity contribution is 7.98. The predicted octanol–water partition coefficient (Wildman–Crippen LogP) is 5.81. The number of thiazole rings is 1. The van der Waals surface area contributed by atoms with Crippen LogP contribution in [-0.2, 0) is 5.75 Å². The van der Waals surface area contributed by atoms with Gasteiger partial charge in [-0.15, -0.1) is 21.5 Å². The van der Waals surface area contributed by atoms with Gasteiger partial charge in [0.05, 0.1) is 10.7 Å². The van der Waals surface area contributed by atoms with Gasteiger partial charge in [-0.2, -0.15) is 0 Å². The maximum atomic E-state index is 6.23. The normalized spacial score (nSPS) is 10.9. The minimum Gasteiger partial charge on any atom is -0.411 e. The summed E-state index contributed by atoms with van der Waals surface area (Å²) in [6.07, 6.45) is 0. The molecule has 4 aromatic rings. The summed E-state index contributed by atoms with van der Waals surface area (Å²) >= 11 is 9.28. The van der Waals surface area contributed by atoms with Gasteiger partial charge in [0, 0.05) is 22.3 Å². The third kappa shape index (κ3) is 3.76. The second-order valence-electron chi connectivity index (χ2n) is 5.15. The summed E-state index contributed by atoms with van der Waals surface area (Å²) in [7, 11) is 0. The van der Waals surface area contributed by atoms with Gasteiger partial charge in [0.15, 0.2) is 0 Å². The Bertz CT molecular complexity index is 985. The molecule has 0 saturated heterocycles. The van der Waals surface area contributed by atoms with Gasteiger partial charge in [0.1, 0.15) is 5.01 Å². The van der Waals surface area contributed by atoms with Crippen molar-refractivity contribution >= 4 is 34.7 Å². The molecule has 0 aliphatic heterocycles. The van der Waals surface area contributed by atoms with E-state index in [9.17, 15) is 0 Å². The fraction of sp³-hybridized carbons (Fsp3) is 0.0556. The Morgan fingerprint density at radius 1 is 1.00 bits per heavy atom. The molecule has 0 aliphatic carbocycles. The molecule has 2 aromatic heterocycles. The zero-order valence-corrected chi connectivity index (χ0v) is 15.3. The molecule has 0 N–H and O–H groups in total. The first kappa shape index (κ1) is 16.3. The largest absolute Gasteiger partial charge is 0.411 e. The molecule has 0 aliphatic rings. The van der Waals surface area contributed by atoms with Crippen LogP contribution >= 0.6 is 34.7 Å². The molecule has 0 atom stereocenters. The lowest BCUT2D eigenvalue weighted by Gasteiger charge is -1.98. The van der Waals surface area contributed by atoms with E-state index >= 15 is 0 Å². The van der Waals surface area contributed by atoms with Crippen LogP contribution in [0, 0.1) is 0 Å². The summed E-state index contributed by atoms with van der Waals surface area (Å²) in [5.41, 5.74) is 2.83. The minimum absolute atomic E-state index is 0.526. The summed E-state index contributed by atoms with van der Waals surface area (Å²) in [6, 6.07) is 17.4. The fourth-order valence-corrected chi connectivity index (χ4v) is 4.13. The summed E-state index contributed by atoms with van der Waals surface area (Å²) in [6.45, 7) is 0. The number of halogens is 1. The molecule has 2 heterocycles. The minimum atomic E-state index is 0.526. The van der Waals surface area contributed by atoms with Gasteiger partial charge >= 0.3 is 0 Å². The van der Waals surface area contributed by atoms with Crippen molar-refractivity contribution in [2.75, 3.05) is 0 Å². The number of benzene rings is 2. The molecule has 124 valence electrons. The zero-order valence-electron chi connectivity index (χ0n) is 12.9. The van der Waals surface area contributed by atoms with Gasteiger partial charge in [-0.25, -0.2) is 4.98 Å². The SMILES string of the molecule is Clc1ccccc1-c1nc(CSc2nnc(-c3ccccc3)o2)cs1. The van der Waals surface area contributed by atoms with Crippen molar-refractivity contribution in [2.24, 2.45) is 0 Å². The maximum Gasteiger partial charge on any atom is 0.277 e. The molecule has 0 amide bonds. The second kappa shape index (κ2) is 7.39. The highest BCUT2D eigenvalue weighted by Crippen LogP contribution is 2.32. The number of nitrogens with zero attached hydrogens (tertiary/aromatic N) is 3. The third-order valence-corrected chi connectivity index (χ3v) is 5.53. The van der Waals surface area contributed by atoms with Crippen molar-refractivity contribution in [1.82, 2.24) is 15.2 Å². The van der Waals surface area contributed by atoms with Gasteiger partial charge in [-0.3, -0.25) is 0 Å². The van der Waals surface area contributed by atoms with Crippen LogP contribution in [0.2, 0.25) is 5.02 Å². The van der Waals surface area contributed by atoms with Crippen molar-refractivity contribution in [3.8, 4) is 22.0 Å². The summed E-state index contributed by atoms with van der Waals surface area (Å²) in [5.74, 6) is 1.19. The highest BCUT2D eigenvalue weighted by Gasteiger charge is 2.11. The second-order valence-corrected chi connectivity index (χ2v) is 7.34. The Kier molecular flexibility index (Phi) is 4.83. The molecule has 7 heteroatoms. The van der Waals surface area contributed by atoms with Crippen LogP contribution < -0.4 is 0 Å². The van der Waals surface area contributed by atoms with Crippen molar-refractivity contribution in [1.29, 1.82) is 0 Å². The Morgan fingerprint density at radius 2 is 1.80 bits per heavy atom. The lowest BCUT2D eigenvalue weighted by atomic mass is 10.2. The van der Waals surface area contributed by atoms with E-state index in [2.05, 4.69) is 15.2 Å². The first-order chi connectivity index (χ1) is 12.3. The van der Waals surface area contributed by atoms with E-state index < -0.39 is 0 Å². The molecule has 2 aromatic carbocycles. The van der Waals surface area contributed by atoms with Crippen molar-refractivity contribution < 1.29 is 4.42 Å². The number of aromatic nitrogens is 3. The van der Waals surface area contributed by atoms with E-state index in [0.717, 1.165) is 21.8 Å². The van der Waals surface area contributed by atoms with Crippen molar-refractivity contribution in [3.63, 3.8) is 0 Å². The summed E-state index contributed by atoms with van der Waals surface area (Å²) in [4.78, 5) is 4.64. The molecule has 0 bridgehead atoms. The quantitative estimate of drug-likeness (QED) is 0.406. The van der Waals surface area contributed by atoms with Crippen LogP contribution in [0.25, 0.3) is 22.0 Å². The molecule has 0 spiro atoms. The van der Waals surface area contributed by atoms with E-state index in [-0.39, 0.29) is 0 Å². The van der Waals surface area contributed by atoms with E-state index in [1.54, 1.807) is 11.3 Å².